The summed E-state index contributed by atoms with van der Waals surface area (Å²) >= 11 is 0. The minimum Gasteiger partial charge on any atom is -0.390 e. The molecule has 0 bridgehead atoms. The number of carbonyl (C=O) groups is 1. The van der Waals surface area contributed by atoms with Gasteiger partial charge >= 0.3 is 0 Å². The zero-order valence-corrected chi connectivity index (χ0v) is 9.97. The van der Waals surface area contributed by atoms with Gasteiger partial charge in [-0.15, -0.1) is 0 Å². The van der Waals surface area contributed by atoms with Crippen molar-refractivity contribution in [3.05, 3.63) is 35.4 Å². The van der Waals surface area contributed by atoms with Gasteiger partial charge in [0, 0.05) is 12.0 Å². The molecule has 4 heteroatoms. The molecule has 0 saturated heterocycles. The third-order valence-electron chi connectivity index (χ3n) is 2.70. The maximum atomic E-state index is 11.5. The number of nitrogens with two attached hydrogens (primary N) is 1. The molecule has 1 aromatic rings. The normalized spacial score (nSPS) is 14.4. The molecule has 0 amide bonds. The quantitative estimate of drug-likeness (QED) is 0.645. The van der Waals surface area contributed by atoms with Gasteiger partial charge < -0.3 is 15.9 Å². The summed E-state index contributed by atoms with van der Waals surface area (Å²) in [7, 11) is 0. The lowest BCUT2D eigenvalue weighted by Gasteiger charge is -2.17. The summed E-state index contributed by atoms with van der Waals surface area (Å²) in [4.78, 5) is 11.5. The van der Waals surface area contributed by atoms with Crippen LogP contribution in [0.25, 0.3) is 0 Å². The first-order valence-electron chi connectivity index (χ1n) is 5.79. The van der Waals surface area contributed by atoms with Gasteiger partial charge in [0.1, 0.15) is 6.10 Å². The van der Waals surface area contributed by atoms with E-state index in [1.165, 1.54) is 0 Å². The smallest absolute Gasteiger partial charge is 0.162 e. The second kappa shape index (κ2) is 6.49. The fraction of sp³-hybridized carbons (Fsp3) is 0.462. The van der Waals surface area contributed by atoms with E-state index in [1.807, 2.05) is 0 Å². The summed E-state index contributed by atoms with van der Waals surface area (Å²) < 4.78 is 0. The zero-order chi connectivity index (χ0) is 12.8. The van der Waals surface area contributed by atoms with Crippen molar-refractivity contribution >= 4 is 5.78 Å². The average Bonchev–Trinajstić information content (AvgIpc) is 2.37. The molecule has 0 heterocycles. The van der Waals surface area contributed by atoms with Gasteiger partial charge in [-0.1, -0.05) is 25.1 Å². The number of rotatable bonds is 6. The van der Waals surface area contributed by atoms with Gasteiger partial charge in [0.05, 0.1) is 6.10 Å². The summed E-state index contributed by atoms with van der Waals surface area (Å²) in [6.07, 6.45) is -1.15. The molecular weight excluding hydrogens is 218 g/mol. The maximum Gasteiger partial charge on any atom is 0.162 e. The average molecular weight is 237 g/mol. The number of Topliss-reactive ketones (excluding diaryl/α,β-unsaturated/α-hetero) is 1. The number of hydrogen-bond acceptors (Lipinski definition) is 4. The van der Waals surface area contributed by atoms with Crippen LogP contribution in [-0.2, 0) is 0 Å². The van der Waals surface area contributed by atoms with Crippen LogP contribution in [0.5, 0.6) is 0 Å². The van der Waals surface area contributed by atoms with Crippen molar-refractivity contribution in [1.29, 1.82) is 0 Å². The third-order valence-corrected chi connectivity index (χ3v) is 2.70. The van der Waals surface area contributed by atoms with Crippen molar-refractivity contribution in [3.8, 4) is 0 Å². The molecule has 0 saturated carbocycles. The Morgan fingerprint density at radius 1 is 1.41 bits per heavy atom. The van der Waals surface area contributed by atoms with E-state index in [9.17, 15) is 15.0 Å². The molecule has 0 aliphatic heterocycles. The maximum absolute atomic E-state index is 11.5. The van der Waals surface area contributed by atoms with Crippen LogP contribution in [0.3, 0.4) is 0 Å². The lowest BCUT2D eigenvalue weighted by molar-refractivity contribution is 0.0150. The Kier molecular flexibility index (Phi) is 5.28. The van der Waals surface area contributed by atoms with Crippen molar-refractivity contribution in [2.75, 3.05) is 6.54 Å². The van der Waals surface area contributed by atoms with Crippen LogP contribution in [0.2, 0.25) is 0 Å². The van der Waals surface area contributed by atoms with Crippen LogP contribution in [0.15, 0.2) is 24.3 Å². The Morgan fingerprint density at radius 3 is 2.71 bits per heavy atom. The van der Waals surface area contributed by atoms with Gasteiger partial charge in [0.15, 0.2) is 5.78 Å². The lowest BCUT2D eigenvalue weighted by atomic mass is 9.98. The van der Waals surface area contributed by atoms with Crippen molar-refractivity contribution < 1.29 is 15.0 Å². The number of ketones is 1. The van der Waals surface area contributed by atoms with Crippen LogP contribution in [0.1, 0.15) is 41.8 Å². The van der Waals surface area contributed by atoms with Gasteiger partial charge in [-0.25, -0.2) is 0 Å². The summed E-state index contributed by atoms with van der Waals surface area (Å²) in [6, 6.07) is 6.72. The first-order chi connectivity index (χ1) is 8.10. The van der Waals surface area contributed by atoms with E-state index in [2.05, 4.69) is 0 Å². The number of benzene rings is 1. The van der Waals surface area contributed by atoms with E-state index >= 15 is 0 Å². The van der Waals surface area contributed by atoms with Crippen LogP contribution >= 0.6 is 0 Å². The molecule has 17 heavy (non-hydrogen) atoms. The van der Waals surface area contributed by atoms with Crippen molar-refractivity contribution in [2.24, 2.45) is 5.73 Å². The van der Waals surface area contributed by atoms with E-state index in [-0.39, 0.29) is 5.78 Å². The highest BCUT2D eigenvalue weighted by molar-refractivity contribution is 5.95. The minimum atomic E-state index is -0.997. The molecule has 0 aromatic heterocycles. The van der Waals surface area contributed by atoms with Crippen LogP contribution in [0, 0.1) is 0 Å². The van der Waals surface area contributed by atoms with E-state index in [4.69, 9.17) is 5.73 Å². The first-order valence-corrected chi connectivity index (χ1v) is 5.79. The molecule has 4 N–H and O–H groups in total. The molecule has 0 spiro atoms. The van der Waals surface area contributed by atoms with E-state index < -0.39 is 12.2 Å². The lowest BCUT2D eigenvalue weighted by Crippen LogP contribution is -2.22. The monoisotopic (exact) mass is 237 g/mol. The molecule has 0 radical (unpaired) electrons. The largest absolute Gasteiger partial charge is 0.390 e. The fourth-order valence-electron chi connectivity index (χ4n) is 1.65. The SMILES string of the molecule is CCC(=O)c1cccc(C(O)C(O)CCN)c1. The minimum absolute atomic E-state index is 0.0207. The molecule has 0 aliphatic carbocycles. The van der Waals surface area contributed by atoms with Gasteiger partial charge in [0.2, 0.25) is 0 Å². The molecule has 2 unspecified atom stereocenters. The molecule has 94 valence electrons. The Hall–Kier alpha value is -1.23. The van der Waals surface area contributed by atoms with E-state index in [1.54, 1.807) is 31.2 Å². The summed E-state index contributed by atoms with van der Waals surface area (Å²) in [6.45, 7) is 2.10. The Labute approximate surface area is 101 Å². The van der Waals surface area contributed by atoms with Crippen LogP contribution in [0.4, 0.5) is 0 Å². The van der Waals surface area contributed by atoms with Crippen molar-refractivity contribution in [2.45, 2.75) is 32.0 Å². The Bertz CT molecular complexity index is 379. The van der Waals surface area contributed by atoms with Gasteiger partial charge in [0.25, 0.3) is 0 Å². The molecule has 1 rings (SSSR count). The molecule has 0 fully saturated rings. The van der Waals surface area contributed by atoms with Gasteiger partial charge in [-0.3, -0.25) is 4.79 Å². The van der Waals surface area contributed by atoms with Crippen molar-refractivity contribution in [3.63, 3.8) is 0 Å². The standard InChI is InChI=1S/C13H19NO3/c1-2-11(15)9-4-3-5-10(8-9)13(17)12(16)6-7-14/h3-5,8,12-13,16-17H,2,6-7,14H2,1H3. The molecule has 2 atom stereocenters. The molecular formula is C13H19NO3. The number of hydrogen-bond donors (Lipinski definition) is 3. The topological polar surface area (TPSA) is 83.5 Å². The molecule has 1 aromatic carbocycles. The zero-order valence-electron chi connectivity index (χ0n) is 9.97. The predicted octanol–water partition coefficient (Wildman–Crippen LogP) is 1.02. The van der Waals surface area contributed by atoms with Crippen molar-refractivity contribution in [1.82, 2.24) is 0 Å². The highest BCUT2D eigenvalue weighted by Gasteiger charge is 2.18. The van der Waals surface area contributed by atoms with Crippen LogP contribution < -0.4 is 5.73 Å². The van der Waals surface area contributed by atoms with Gasteiger partial charge in [-0.05, 0) is 24.6 Å². The summed E-state index contributed by atoms with van der Waals surface area (Å²) in [5, 5.41) is 19.5. The number of aliphatic hydroxyl groups excluding tert-OH is 2. The molecule has 4 nitrogen and oxygen atoms in total. The highest BCUT2D eigenvalue weighted by Crippen LogP contribution is 2.20. The second-order valence-electron chi connectivity index (χ2n) is 3.99. The number of carbonyl (C=O) groups excluding carboxylic acids is 1. The summed E-state index contributed by atoms with van der Waals surface area (Å²) in [5.41, 5.74) is 6.43. The predicted molar refractivity (Wildman–Crippen MR) is 65.7 cm³/mol. The number of aliphatic hydroxyl groups is 2. The van der Waals surface area contributed by atoms with E-state index in [0.29, 0.717) is 30.5 Å². The van der Waals surface area contributed by atoms with Gasteiger partial charge in [-0.2, -0.15) is 0 Å². The highest BCUT2D eigenvalue weighted by atomic mass is 16.3. The molecule has 0 aliphatic rings. The van der Waals surface area contributed by atoms with Crippen LogP contribution in [-0.4, -0.2) is 28.6 Å². The van der Waals surface area contributed by atoms with E-state index in [0.717, 1.165) is 0 Å². The Balaban J connectivity index is 2.87. The second-order valence-corrected chi connectivity index (χ2v) is 3.99. The fourth-order valence-corrected chi connectivity index (χ4v) is 1.65. The Morgan fingerprint density at radius 2 is 2.12 bits per heavy atom. The summed E-state index contributed by atoms with van der Waals surface area (Å²) in [5.74, 6) is 0.0207. The first kappa shape index (κ1) is 13.8. The third kappa shape index (κ3) is 3.63.